The Morgan fingerprint density at radius 3 is 2.58 bits per heavy atom. The maximum absolute atomic E-state index is 6.28. The summed E-state index contributed by atoms with van der Waals surface area (Å²) >= 11 is 7.99. The SMILES string of the molecule is Clc1ccccc1NCc1c(OCc2cccs2)ccc2ccccc12. The Morgan fingerprint density at radius 1 is 0.885 bits per heavy atom. The number of anilines is 1. The Balaban J connectivity index is 1.65. The van der Waals surface area contributed by atoms with Gasteiger partial charge in [-0.2, -0.15) is 0 Å². The van der Waals surface area contributed by atoms with Gasteiger partial charge in [0.25, 0.3) is 0 Å². The molecule has 0 saturated carbocycles. The second-order valence-electron chi connectivity index (χ2n) is 5.96. The minimum absolute atomic E-state index is 0.578. The number of ether oxygens (including phenoxy) is 1. The molecule has 4 heteroatoms. The average Bonchev–Trinajstić information content (AvgIpc) is 3.19. The summed E-state index contributed by atoms with van der Waals surface area (Å²) in [4.78, 5) is 1.21. The van der Waals surface area contributed by atoms with E-state index in [0.29, 0.717) is 18.2 Å². The van der Waals surface area contributed by atoms with Crippen LogP contribution < -0.4 is 10.1 Å². The summed E-state index contributed by atoms with van der Waals surface area (Å²) in [6.07, 6.45) is 0. The molecule has 0 spiro atoms. The third kappa shape index (κ3) is 3.69. The Labute approximate surface area is 162 Å². The fraction of sp³-hybridized carbons (Fsp3) is 0.0909. The van der Waals surface area contributed by atoms with Crippen LogP contribution in [0, 0.1) is 0 Å². The topological polar surface area (TPSA) is 21.3 Å². The Morgan fingerprint density at radius 2 is 1.73 bits per heavy atom. The first-order valence-corrected chi connectivity index (χ1v) is 9.71. The van der Waals surface area contributed by atoms with Crippen LogP contribution in [-0.2, 0) is 13.2 Å². The van der Waals surface area contributed by atoms with Crippen LogP contribution in [0.5, 0.6) is 5.75 Å². The van der Waals surface area contributed by atoms with Crippen molar-refractivity contribution in [3.8, 4) is 5.75 Å². The average molecular weight is 380 g/mol. The summed E-state index contributed by atoms with van der Waals surface area (Å²) in [6, 6.07) is 24.5. The van der Waals surface area contributed by atoms with E-state index < -0.39 is 0 Å². The fourth-order valence-corrected chi connectivity index (χ4v) is 3.78. The molecule has 0 fully saturated rings. The van der Waals surface area contributed by atoms with Crippen molar-refractivity contribution in [2.75, 3.05) is 5.32 Å². The number of benzene rings is 3. The Bertz CT molecular complexity index is 1010. The van der Waals surface area contributed by atoms with Gasteiger partial charge in [0.2, 0.25) is 0 Å². The molecule has 0 aliphatic rings. The third-order valence-corrected chi connectivity index (χ3v) is 5.46. The molecule has 4 rings (SSSR count). The summed E-state index contributed by atoms with van der Waals surface area (Å²) in [5, 5.41) is 8.62. The molecule has 0 amide bonds. The van der Waals surface area contributed by atoms with Crippen LogP contribution in [0.4, 0.5) is 5.69 Å². The molecule has 2 nitrogen and oxygen atoms in total. The molecule has 0 unspecified atom stereocenters. The smallest absolute Gasteiger partial charge is 0.125 e. The van der Waals surface area contributed by atoms with Gasteiger partial charge in [-0.25, -0.2) is 0 Å². The maximum atomic E-state index is 6.28. The van der Waals surface area contributed by atoms with Crippen molar-refractivity contribution in [1.82, 2.24) is 0 Å². The van der Waals surface area contributed by atoms with Crippen molar-refractivity contribution >= 4 is 39.4 Å². The van der Waals surface area contributed by atoms with Crippen LogP contribution in [0.1, 0.15) is 10.4 Å². The van der Waals surface area contributed by atoms with Crippen molar-refractivity contribution in [2.45, 2.75) is 13.2 Å². The molecule has 0 radical (unpaired) electrons. The summed E-state index contributed by atoms with van der Waals surface area (Å²) < 4.78 is 6.15. The highest BCUT2D eigenvalue weighted by Gasteiger charge is 2.10. The van der Waals surface area contributed by atoms with E-state index in [1.54, 1.807) is 11.3 Å². The van der Waals surface area contributed by atoms with E-state index in [-0.39, 0.29) is 0 Å². The fourth-order valence-electron chi connectivity index (χ4n) is 2.97. The number of para-hydroxylation sites is 1. The molecule has 4 aromatic rings. The standard InChI is InChI=1S/C22H18ClNOS/c23-20-9-3-4-10-21(20)24-14-19-18-8-2-1-6-16(18)11-12-22(19)25-15-17-7-5-13-26-17/h1-13,24H,14-15H2. The Kier molecular flexibility index (Phi) is 5.09. The second-order valence-corrected chi connectivity index (χ2v) is 7.40. The van der Waals surface area contributed by atoms with E-state index in [1.165, 1.54) is 15.6 Å². The van der Waals surface area contributed by atoms with Crippen molar-refractivity contribution in [2.24, 2.45) is 0 Å². The van der Waals surface area contributed by atoms with Crippen LogP contribution in [0.15, 0.2) is 78.2 Å². The summed E-state index contributed by atoms with van der Waals surface area (Å²) in [5.41, 5.74) is 2.06. The van der Waals surface area contributed by atoms with E-state index in [2.05, 4.69) is 53.2 Å². The van der Waals surface area contributed by atoms with E-state index >= 15 is 0 Å². The molecular formula is C22H18ClNOS. The number of thiophene rings is 1. The van der Waals surface area contributed by atoms with Crippen molar-refractivity contribution in [3.63, 3.8) is 0 Å². The molecule has 1 heterocycles. The summed E-state index contributed by atoms with van der Waals surface area (Å²) in [7, 11) is 0. The zero-order valence-electron chi connectivity index (χ0n) is 14.1. The monoisotopic (exact) mass is 379 g/mol. The van der Waals surface area contributed by atoms with Gasteiger partial charge in [0.1, 0.15) is 12.4 Å². The zero-order chi connectivity index (χ0) is 17.8. The normalized spacial score (nSPS) is 10.8. The van der Waals surface area contributed by atoms with Crippen LogP contribution in [-0.4, -0.2) is 0 Å². The van der Waals surface area contributed by atoms with E-state index in [4.69, 9.17) is 16.3 Å². The van der Waals surface area contributed by atoms with Gasteiger partial charge in [-0.15, -0.1) is 11.3 Å². The first kappa shape index (κ1) is 17.0. The molecule has 1 N–H and O–H groups in total. The van der Waals surface area contributed by atoms with E-state index in [0.717, 1.165) is 17.0 Å². The number of rotatable bonds is 6. The van der Waals surface area contributed by atoms with Crippen molar-refractivity contribution < 1.29 is 4.74 Å². The van der Waals surface area contributed by atoms with Crippen molar-refractivity contribution in [3.05, 3.63) is 93.6 Å². The number of halogens is 1. The second kappa shape index (κ2) is 7.81. The molecular weight excluding hydrogens is 362 g/mol. The van der Waals surface area contributed by atoms with Crippen molar-refractivity contribution in [1.29, 1.82) is 0 Å². The number of hydrogen-bond acceptors (Lipinski definition) is 3. The maximum Gasteiger partial charge on any atom is 0.125 e. The van der Waals surface area contributed by atoms with E-state index in [9.17, 15) is 0 Å². The van der Waals surface area contributed by atoms with Crippen LogP contribution in [0.3, 0.4) is 0 Å². The van der Waals surface area contributed by atoms with Gasteiger partial charge in [0, 0.05) is 17.0 Å². The number of fused-ring (bicyclic) bond motifs is 1. The minimum Gasteiger partial charge on any atom is -0.488 e. The molecule has 0 saturated heterocycles. The molecule has 26 heavy (non-hydrogen) atoms. The predicted octanol–water partition coefficient (Wildman–Crippen LogP) is 6.75. The van der Waals surface area contributed by atoms with Gasteiger partial charge in [0.15, 0.2) is 0 Å². The predicted molar refractivity (Wildman–Crippen MR) is 111 cm³/mol. The van der Waals surface area contributed by atoms with Gasteiger partial charge >= 0.3 is 0 Å². The minimum atomic E-state index is 0.578. The number of hydrogen-bond donors (Lipinski definition) is 1. The molecule has 3 aromatic carbocycles. The molecule has 1 aromatic heterocycles. The highest BCUT2D eigenvalue weighted by atomic mass is 35.5. The lowest BCUT2D eigenvalue weighted by atomic mass is 10.0. The van der Waals surface area contributed by atoms with E-state index in [1.807, 2.05) is 30.3 Å². The molecule has 0 atom stereocenters. The molecule has 130 valence electrons. The summed E-state index contributed by atoms with van der Waals surface area (Å²) in [6.45, 7) is 1.22. The quantitative estimate of drug-likeness (QED) is 0.400. The van der Waals surface area contributed by atoms with Gasteiger partial charge in [-0.3, -0.25) is 0 Å². The van der Waals surface area contributed by atoms with Gasteiger partial charge in [0.05, 0.1) is 10.7 Å². The third-order valence-electron chi connectivity index (χ3n) is 4.28. The first-order valence-electron chi connectivity index (χ1n) is 8.45. The van der Waals surface area contributed by atoms with Crippen LogP contribution >= 0.6 is 22.9 Å². The van der Waals surface area contributed by atoms with Gasteiger partial charge in [-0.1, -0.05) is 60.1 Å². The van der Waals surface area contributed by atoms with Crippen LogP contribution in [0.25, 0.3) is 10.8 Å². The molecule has 0 bridgehead atoms. The number of nitrogens with one attached hydrogen (secondary N) is 1. The highest BCUT2D eigenvalue weighted by Crippen LogP contribution is 2.31. The lowest BCUT2D eigenvalue weighted by Gasteiger charge is -2.16. The largest absolute Gasteiger partial charge is 0.488 e. The highest BCUT2D eigenvalue weighted by molar-refractivity contribution is 7.09. The lowest BCUT2D eigenvalue weighted by Crippen LogP contribution is -2.04. The molecule has 0 aliphatic heterocycles. The zero-order valence-corrected chi connectivity index (χ0v) is 15.7. The first-order chi connectivity index (χ1) is 12.8. The van der Waals surface area contributed by atoms with Crippen LogP contribution in [0.2, 0.25) is 5.02 Å². The summed E-state index contributed by atoms with van der Waals surface area (Å²) in [5.74, 6) is 0.900. The van der Waals surface area contributed by atoms with Gasteiger partial charge < -0.3 is 10.1 Å². The lowest BCUT2D eigenvalue weighted by molar-refractivity contribution is 0.307. The van der Waals surface area contributed by atoms with Gasteiger partial charge in [-0.05, 0) is 40.4 Å². The Hall–Kier alpha value is -2.49. The molecule has 0 aliphatic carbocycles.